The van der Waals surface area contributed by atoms with E-state index in [-0.39, 0.29) is 11.3 Å². The first kappa shape index (κ1) is 18.0. The quantitative estimate of drug-likeness (QED) is 0.541. The molecular weight excluding hydrogens is 378 g/mol. The highest BCUT2D eigenvalue weighted by molar-refractivity contribution is 7.99. The molecule has 0 bridgehead atoms. The summed E-state index contributed by atoms with van der Waals surface area (Å²) in [6, 6.07) is 24.8. The van der Waals surface area contributed by atoms with Crippen LogP contribution < -0.4 is 4.74 Å². The molecule has 0 spiro atoms. The van der Waals surface area contributed by atoms with Crippen molar-refractivity contribution < 1.29 is 9.53 Å². The predicted octanol–water partition coefficient (Wildman–Crippen LogP) is 6.02. The number of carbonyl (C=O) groups is 1. The Morgan fingerprint density at radius 1 is 0.963 bits per heavy atom. The Balaban J connectivity index is 1.58. The van der Waals surface area contributed by atoms with Gasteiger partial charge in [0.25, 0.3) is 5.91 Å². The van der Waals surface area contributed by atoms with Crippen molar-refractivity contribution in [3.63, 3.8) is 0 Å². The van der Waals surface area contributed by atoms with Gasteiger partial charge in [-0.25, -0.2) is 0 Å². The Morgan fingerprint density at radius 3 is 2.52 bits per heavy atom. The molecule has 0 aromatic heterocycles. The zero-order valence-corrected chi connectivity index (χ0v) is 16.1. The minimum Gasteiger partial charge on any atom is -0.457 e. The maximum absolute atomic E-state index is 13.0. The normalized spacial score (nSPS) is 16.3. The molecule has 1 heterocycles. The lowest BCUT2D eigenvalue weighted by Crippen LogP contribution is -2.30. The van der Waals surface area contributed by atoms with Gasteiger partial charge in [-0.2, -0.15) is 0 Å². The van der Waals surface area contributed by atoms with Gasteiger partial charge in [0.2, 0.25) is 0 Å². The maximum Gasteiger partial charge on any atom is 0.256 e. The molecule has 3 aromatic rings. The topological polar surface area (TPSA) is 29.5 Å². The van der Waals surface area contributed by atoms with Crippen molar-refractivity contribution in [3.05, 3.63) is 95.0 Å². The zero-order chi connectivity index (χ0) is 18.6. The summed E-state index contributed by atoms with van der Waals surface area (Å²) in [6.45, 7) is 0.698. The monoisotopic (exact) mass is 395 g/mol. The molecule has 3 aromatic carbocycles. The molecule has 1 aliphatic heterocycles. The van der Waals surface area contributed by atoms with Crippen LogP contribution in [0.4, 0.5) is 0 Å². The van der Waals surface area contributed by atoms with Crippen molar-refractivity contribution in [2.75, 3.05) is 12.3 Å². The zero-order valence-electron chi connectivity index (χ0n) is 14.5. The molecule has 0 N–H and O–H groups in total. The molecule has 3 nitrogen and oxygen atoms in total. The molecule has 1 saturated heterocycles. The van der Waals surface area contributed by atoms with Gasteiger partial charge in [0.05, 0.1) is 10.6 Å². The average Bonchev–Trinajstić information content (AvgIpc) is 3.19. The molecule has 136 valence electrons. The Bertz CT molecular complexity index is 948. The summed E-state index contributed by atoms with van der Waals surface area (Å²) in [4.78, 5) is 14.9. The highest BCUT2D eigenvalue weighted by Gasteiger charge is 2.32. The van der Waals surface area contributed by atoms with E-state index in [0.717, 1.165) is 22.8 Å². The molecule has 0 saturated carbocycles. The number of para-hydroxylation sites is 1. The fourth-order valence-electron chi connectivity index (χ4n) is 3.10. The molecule has 1 atom stereocenters. The minimum absolute atomic E-state index is 0.0371. The van der Waals surface area contributed by atoms with Gasteiger partial charge in [-0.3, -0.25) is 4.79 Å². The standard InChI is InChI=1S/C22H18ClNO2S/c23-20-12-5-4-11-19(20)21(25)24-13-14-27-22(24)16-7-6-10-18(15-16)26-17-8-2-1-3-9-17/h1-12,15,22H,13-14H2. The van der Waals surface area contributed by atoms with E-state index in [1.807, 2.05) is 71.6 Å². The fourth-order valence-corrected chi connectivity index (χ4v) is 4.56. The lowest BCUT2D eigenvalue weighted by atomic mass is 10.1. The van der Waals surface area contributed by atoms with Crippen LogP contribution in [0.5, 0.6) is 11.5 Å². The number of hydrogen-bond acceptors (Lipinski definition) is 3. The van der Waals surface area contributed by atoms with E-state index in [9.17, 15) is 4.79 Å². The Kier molecular flexibility index (Phi) is 5.37. The summed E-state index contributed by atoms with van der Waals surface area (Å²) in [5.74, 6) is 2.41. The average molecular weight is 396 g/mol. The lowest BCUT2D eigenvalue weighted by molar-refractivity contribution is 0.0760. The number of amides is 1. The predicted molar refractivity (Wildman–Crippen MR) is 111 cm³/mol. The van der Waals surface area contributed by atoms with Gasteiger partial charge in [0.1, 0.15) is 16.9 Å². The number of carbonyl (C=O) groups excluding carboxylic acids is 1. The van der Waals surface area contributed by atoms with Gasteiger partial charge < -0.3 is 9.64 Å². The van der Waals surface area contributed by atoms with Crippen molar-refractivity contribution >= 4 is 29.3 Å². The second-order valence-corrected chi connectivity index (χ2v) is 7.78. The van der Waals surface area contributed by atoms with Gasteiger partial charge in [0.15, 0.2) is 0 Å². The Hall–Kier alpha value is -2.43. The van der Waals surface area contributed by atoms with Gasteiger partial charge >= 0.3 is 0 Å². The molecule has 1 amide bonds. The second-order valence-electron chi connectivity index (χ2n) is 6.19. The van der Waals surface area contributed by atoms with Crippen LogP contribution >= 0.6 is 23.4 Å². The van der Waals surface area contributed by atoms with E-state index in [1.54, 1.807) is 23.9 Å². The number of benzene rings is 3. The number of nitrogens with zero attached hydrogens (tertiary/aromatic N) is 1. The van der Waals surface area contributed by atoms with E-state index in [4.69, 9.17) is 16.3 Å². The van der Waals surface area contributed by atoms with Crippen molar-refractivity contribution in [2.24, 2.45) is 0 Å². The first-order valence-electron chi connectivity index (χ1n) is 8.72. The largest absolute Gasteiger partial charge is 0.457 e. The Morgan fingerprint density at radius 2 is 1.70 bits per heavy atom. The van der Waals surface area contributed by atoms with Crippen LogP contribution in [-0.4, -0.2) is 23.1 Å². The lowest BCUT2D eigenvalue weighted by Gasteiger charge is -2.25. The minimum atomic E-state index is -0.0481. The third-order valence-corrected chi connectivity index (χ3v) is 5.97. The number of ether oxygens (including phenoxy) is 1. The number of thioether (sulfide) groups is 1. The van der Waals surface area contributed by atoms with Gasteiger partial charge in [-0.1, -0.05) is 54.1 Å². The van der Waals surface area contributed by atoms with Crippen molar-refractivity contribution in [3.8, 4) is 11.5 Å². The van der Waals surface area contributed by atoms with Crippen molar-refractivity contribution in [1.29, 1.82) is 0 Å². The number of halogens is 1. The molecule has 1 aliphatic rings. The molecule has 1 fully saturated rings. The second kappa shape index (κ2) is 8.07. The van der Waals surface area contributed by atoms with E-state index in [0.29, 0.717) is 17.1 Å². The van der Waals surface area contributed by atoms with Gasteiger partial charge in [-0.05, 0) is 42.0 Å². The maximum atomic E-state index is 13.0. The Labute approximate surface area is 167 Å². The van der Waals surface area contributed by atoms with Crippen LogP contribution in [0, 0.1) is 0 Å². The SMILES string of the molecule is O=C(c1ccccc1Cl)N1CCSC1c1cccc(Oc2ccccc2)c1. The number of rotatable bonds is 4. The smallest absolute Gasteiger partial charge is 0.256 e. The third-order valence-electron chi connectivity index (χ3n) is 4.38. The summed E-state index contributed by atoms with van der Waals surface area (Å²) < 4.78 is 5.94. The third kappa shape index (κ3) is 3.97. The molecular formula is C22H18ClNO2S. The highest BCUT2D eigenvalue weighted by Crippen LogP contribution is 2.40. The summed E-state index contributed by atoms with van der Waals surface area (Å²) in [7, 11) is 0. The molecule has 27 heavy (non-hydrogen) atoms. The van der Waals surface area contributed by atoms with Crippen LogP contribution in [0.25, 0.3) is 0 Å². The van der Waals surface area contributed by atoms with Crippen molar-refractivity contribution in [2.45, 2.75) is 5.37 Å². The van der Waals surface area contributed by atoms with Gasteiger partial charge in [-0.15, -0.1) is 11.8 Å². The first-order chi connectivity index (χ1) is 13.2. The molecule has 5 heteroatoms. The summed E-state index contributed by atoms with van der Waals surface area (Å²) in [5, 5.41) is 0.437. The van der Waals surface area contributed by atoms with E-state index >= 15 is 0 Å². The molecule has 0 radical (unpaired) electrons. The van der Waals surface area contributed by atoms with Gasteiger partial charge in [0, 0.05) is 12.3 Å². The first-order valence-corrected chi connectivity index (χ1v) is 10.1. The molecule has 4 rings (SSSR count). The molecule has 1 unspecified atom stereocenters. The van der Waals surface area contributed by atoms with E-state index in [2.05, 4.69) is 0 Å². The summed E-state index contributed by atoms with van der Waals surface area (Å²) in [5.41, 5.74) is 1.59. The summed E-state index contributed by atoms with van der Waals surface area (Å²) in [6.07, 6.45) is 0. The summed E-state index contributed by atoms with van der Waals surface area (Å²) >= 11 is 7.99. The number of hydrogen-bond donors (Lipinski definition) is 0. The highest BCUT2D eigenvalue weighted by atomic mass is 35.5. The van der Waals surface area contributed by atoms with Crippen molar-refractivity contribution in [1.82, 2.24) is 4.90 Å². The van der Waals surface area contributed by atoms with Crippen LogP contribution in [0.15, 0.2) is 78.9 Å². The van der Waals surface area contributed by atoms with Crippen LogP contribution in [0.3, 0.4) is 0 Å². The van der Waals surface area contributed by atoms with Crippen LogP contribution in [-0.2, 0) is 0 Å². The molecule has 0 aliphatic carbocycles. The van der Waals surface area contributed by atoms with E-state index in [1.165, 1.54) is 0 Å². The van der Waals surface area contributed by atoms with Crippen LogP contribution in [0.2, 0.25) is 5.02 Å². The van der Waals surface area contributed by atoms with Crippen LogP contribution in [0.1, 0.15) is 21.3 Å². The van der Waals surface area contributed by atoms with E-state index < -0.39 is 0 Å². The fraction of sp³-hybridized carbons (Fsp3) is 0.136.